The number of rotatable bonds is 7. The van der Waals surface area contributed by atoms with E-state index in [9.17, 15) is 13.2 Å². The van der Waals surface area contributed by atoms with Crippen molar-refractivity contribution in [3.63, 3.8) is 0 Å². The van der Waals surface area contributed by atoms with Crippen LogP contribution in [0.4, 0.5) is 13.2 Å². The van der Waals surface area contributed by atoms with E-state index >= 15 is 0 Å². The molecule has 0 spiro atoms. The Bertz CT molecular complexity index is 459. The van der Waals surface area contributed by atoms with Crippen molar-refractivity contribution in [1.29, 1.82) is 0 Å². The van der Waals surface area contributed by atoms with Crippen molar-refractivity contribution in [2.24, 2.45) is 0 Å². The second kappa shape index (κ2) is 7.63. The van der Waals surface area contributed by atoms with Crippen molar-refractivity contribution in [2.75, 3.05) is 13.2 Å². The van der Waals surface area contributed by atoms with Crippen molar-refractivity contribution < 1.29 is 27.8 Å². The number of hydrogen-bond donors (Lipinski definition) is 2. The molecule has 2 atom stereocenters. The maximum atomic E-state index is 13.5. The average molecular weight is 305 g/mol. The van der Waals surface area contributed by atoms with Gasteiger partial charge in [-0.3, -0.25) is 0 Å². The number of nitrogens with one attached hydrogen (secondary N) is 1. The van der Waals surface area contributed by atoms with E-state index in [0.717, 1.165) is 18.9 Å². The third-order valence-electron chi connectivity index (χ3n) is 3.31. The largest absolute Gasteiger partial charge is 0.432 e. The Labute approximate surface area is 120 Å². The zero-order chi connectivity index (χ0) is 15.2. The number of halogens is 3. The number of benzene rings is 1. The molecular weight excluding hydrogens is 287 g/mol. The standard InChI is InChI=1S/C14H18F3NO3/c15-12-5-9(1-4-13(12)21-14(16)17)6-18-7-10-2-3-11(8-19)20-10/h1,4-5,10-11,14,18-19H,2-3,6-8H2/t10-,11+/m1/s1. The van der Waals surface area contributed by atoms with Gasteiger partial charge in [0.05, 0.1) is 18.8 Å². The fraction of sp³-hybridized carbons (Fsp3) is 0.571. The van der Waals surface area contributed by atoms with Crippen molar-refractivity contribution in [1.82, 2.24) is 5.32 Å². The van der Waals surface area contributed by atoms with Crippen LogP contribution in [0.15, 0.2) is 18.2 Å². The molecule has 1 aromatic rings. The molecular formula is C14H18F3NO3. The summed E-state index contributed by atoms with van der Waals surface area (Å²) in [6, 6.07) is 3.88. The Hall–Kier alpha value is -1.31. The third-order valence-corrected chi connectivity index (χ3v) is 3.31. The lowest BCUT2D eigenvalue weighted by Crippen LogP contribution is -2.27. The minimum atomic E-state index is -3.04. The molecule has 1 aliphatic heterocycles. The lowest BCUT2D eigenvalue weighted by molar-refractivity contribution is -0.0522. The predicted molar refractivity (Wildman–Crippen MR) is 69.7 cm³/mol. The SMILES string of the molecule is OC[C@@H]1CC[C@H](CNCc2ccc(OC(F)F)c(F)c2)O1. The lowest BCUT2D eigenvalue weighted by Gasteiger charge is -2.13. The average Bonchev–Trinajstić information content (AvgIpc) is 2.89. The summed E-state index contributed by atoms with van der Waals surface area (Å²) in [6.45, 7) is -2.03. The van der Waals surface area contributed by atoms with E-state index in [4.69, 9.17) is 9.84 Å². The molecule has 0 aromatic heterocycles. The normalized spacial score (nSPS) is 22.0. The van der Waals surface area contributed by atoms with Gasteiger partial charge in [0.25, 0.3) is 0 Å². The van der Waals surface area contributed by atoms with E-state index in [1.807, 2.05) is 0 Å². The Morgan fingerprint density at radius 2 is 2.10 bits per heavy atom. The van der Waals surface area contributed by atoms with Gasteiger partial charge in [-0.1, -0.05) is 6.07 Å². The summed E-state index contributed by atoms with van der Waals surface area (Å²) in [5.74, 6) is -1.27. The van der Waals surface area contributed by atoms with E-state index in [-0.39, 0.29) is 18.8 Å². The first-order valence-electron chi connectivity index (χ1n) is 6.78. The second-order valence-corrected chi connectivity index (χ2v) is 4.91. The maximum absolute atomic E-state index is 13.5. The Kier molecular flexibility index (Phi) is 5.84. The highest BCUT2D eigenvalue weighted by Gasteiger charge is 2.23. The molecule has 0 aliphatic carbocycles. The van der Waals surface area contributed by atoms with Gasteiger partial charge in [-0.05, 0) is 30.5 Å². The molecule has 0 unspecified atom stereocenters. The molecule has 1 saturated heterocycles. The van der Waals surface area contributed by atoms with Crippen molar-refractivity contribution in [2.45, 2.75) is 38.2 Å². The molecule has 1 aliphatic rings. The number of aliphatic hydroxyl groups is 1. The zero-order valence-corrected chi connectivity index (χ0v) is 11.4. The van der Waals surface area contributed by atoms with Crippen molar-refractivity contribution in [3.05, 3.63) is 29.6 Å². The van der Waals surface area contributed by atoms with Gasteiger partial charge in [-0.15, -0.1) is 0 Å². The molecule has 4 nitrogen and oxygen atoms in total. The summed E-state index contributed by atoms with van der Waals surface area (Å²) < 4.78 is 47.1. The molecule has 2 N–H and O–H groups in total. The minimum absolute atomic E-state index is 0.0211. The van der Waals surface area contributed by atoms with Crippen LogP contribution in [0.3, 0.4) is 0 Å². The predicted octanol–water partition coefficient (Wildman–Crippen LogP) is 2.06. The fourth-order valence-corrected chi connectivity index (χ4v) is 2.29. The van der Waals surface area contributed by atoms with Gasteiger partial charge in [0.1, 0.15) is 0 Å². The van der Waals surface area contributed by atoms with Gasteiger partial charge >= 0.3 is 6.61 Å². The van der Waals surface area contributed by atoms with E-state index in [0.29, 0.717) is 18.7 Å². The number of aliphatic hydroxyl groups excluding tert-OH is 1. The Morgan fingerprint density at radius 3 is 2.71 bits per heavy atom. The summed E-state index contributed by atoms with van der Waals surface area (Å²) >= 11 is 0. The molecule has 0 radical (unpaired) electrons. The van der Waals surface area contributed by atoms with Crippen molar-refractivity contribution in [3.8, 4) is 5.75 Å². The molecule has 1 aromatic carbocycles. The topological polar surface area (TPSA) is 50.7 Å². The summed E-state index contributed by atoms with van der Waals surface area (Å²) in [4.78, 5) is 0. The quantitative estimate of drug-likeness (QED) is 0.809. The van der Waals surface area contributed by atoms with Gasteiger partial charge in [-0.25, -0.2) is 4.39 Å². The van der Waals surface area contributed by atoms with Crippen LogP contribution < -0.4 is 10.1 Å². The van der Waals surface area contributed by atoms with Gasteiger partial charge in [0, 0.05) is 13.1 Å². The van der Waals surface area contributed by atoms with Crippen molar-refractivity contribution >= 4 is 0 Å². The van der Waals surface area contributed by atoms with Gasteiger partial charge in [0.2, 0.25) is 0 Å². The summed E-state index contributed by atoms with van der Waals surface area (Å²) in [5.41, 5.74) is 0.630. The summed E-state index contributed by atoms with van der Waals surface area (Å²) in [6.07, 6.45) is 1.64. The molecule has 0 saturated carbocycles. The molecule has 0 bridgehead atoms. The molecule has 1 fully saturated rings. The van der Waals surface area contributed by atoms with E-state index in [2.05, 4.69) is 10.1 Å². The molecule has 7 heteroatoms. The summed E-state index contributed by atoms with van der Waals surface area (Å²) in [5, 5.41) is 12.1. The Morgan fingerprint density at radius 1 is 1.33 bits per heavy atom. The molecule has 1 heterocycles. The second-order valence-electron chi connectivity index (χ2n) is 4.91. The number of ether oxygens (including phenoxy) is 2. The van der Waals surface area contributed by atoms with Crippen LogP contribution in [0.5, 0.6) is 5.75 Å². The molecule has 118 valence electrons. The summed E-state index contributed by atoms with van der Waals surface area (Å²) in [7, 11) is 0. The molecule has 21 heavy (non-hydrogen) atoms. The maximum Gasteiger partial charge on any atom is 0.387 e. The van der Waals surface area contributed by atoms with Crippen LogP contribution in [0.25, 0.3) is 0 Å². The first-order valence-corrected chi connectivity index (χ1v) is 6.78. The van der Waals surface area contributed by atoms with Crippen LogP contribution in [-0.2, 0) is 11.3 Å². The zero-order valence-electron chi connectivity index (χ0n) is 11.4. The third kappa shape index (κ3) is 4.87. The lowest BCUT2D eigenvalue weighted by atomic mass is 10.2. The van der Waals surface area contributed by atoms with Crippen LogP contribution in [0.2, 0.25) is 0 Å². The van der Waals surface area contributed by atoms with E-state index in [1.165, 1.54) is 12.1 Å². The highest BCUT2D eigenvalue weighted by molar-refractivity contribution is 5.29. The van der Waals surface area contributed by atoms with E-state index in [1.54, 1.807) is 0 Å². The minimum Gasteiger partial charge on any atom is -0.432 e. The van der Waals surface area contributed by atoms with Crippen LogP contribution in [-0.4, -0.2) is 37.1 Å². The number of hydrogen-bond acceptors (Lipinski definition) is 4. The highest BCUT2D eigenvalue weighted by atomic mass is 19.3. The van der Waals surface area contributed by atoms with Gasteiger partial charge in [-0.2, -0.15) is 8.78 Å². The van der Waals surface area contributed by atoms with Gasteiger partial charge < -0.3 is 19.9 Å². The number of alkyl halides is 2. The first kappa shape index (κ1) is 16.1. The Balaban J connectivity index is 1.77. The fourth-order valence-electron chi connectivity index (χ4n) is 2.29. The smallest absolute Gasteiger partial charge is 0.387 e. The molecule has 2 rings (SSSR count). The first-order chi connectivity index (χ1) is 10.1. The van der Waals surface area contributed by atoms with Crippen LogP contribution in [0.1, 0.15) is 18.4 Å². The molecule has 0 amide bonds. The van der Waals surface area contributed by atoms with Gasteiger partial charge in [0.15, 0.2) is 11.6 Å². The van der Waals surface area contributed by atoms with E-state index < -0.39 is 18.2 Å². The highest BCUT2D eigenvalue weighted by Crippen LogP contribution is 2.21. The monoisotopic (exact) mass is 305 g/mol. The van der Waals surface area contributed by atoms with Crippen LogP contribution in [0, 0.1) is 5.82 Å². The van der Waals surface area contributed by atoms with Crippen LogP contribution >= 0.6 is 0 Å².